The van der Waals surface area contributed by atoms with E-state index in [-0.39, 0.29) is 17.5 Å². The number of rotatable bonds is 3. The molecule has 1 aromatic rings. The molecule has 0 unspecified atom stereocenters. The quantitative estimate of drug-likeness (QED) is 0.907. The number of carbonyl (C=O) groups is 2. The molecule has 114 valence electrons. The molecule has 0 spiro atoms. The van der Waals surface area contributed by atoms with Crippen molar-refractivity contribution < 1.29 is 14.7 Å². The number of likely N-dealkylation sites (tertiary alicyclic amines) is 1. The van der Waals surface area contributed by atoms with Gasteiger partial charge in [0.05, 0.1) is 11.3 Å². The molecule has 1 N–H and O–H groups in total. The molecule has 1 amide bonds. The van der Waals surface area contributed by atoms with Crippen LogP contribution in [0, 0.1) is 6.92 Å². The lowest BCUT2D eigenvalue weighted by molar-refractivity contribution is 0.0648. The van der Waals surface area contributed by atoms with Gasteiger partial charge in [0.15, 0.2) is 0 Å². The summed E-state index contributed by atoms with van der Waals surface area (Å²) in [7, 11) is 3.87. The molecule has 2 rings (SSSR count). The van der Waals surface area contributed by atoms with E-state index < -0.39 is 5.97 Å². The lowest BCUT2D eigenvalue weighted by Crippen LogP contribution is -2.44. The first-order valence-corrected chi connectivity index (χ1v) is 7.06. The minimum absolute atomic E-state index is 0.133. The molecule has 0 atom stereocenters. The smallest absolute Gasteiger partial charge is 0.337 e. The summed E-state index contributed by atoms with van der Waals surface area (Å²) in [6, 6.07) is 3.15. The van der Waals surface area contributed by atoms with Crippen LogP contribution in [0.3, 0.4) is 0 Å². The van der Waals surface area contributed by atoms with Gasteiger partial charge in [-0.05, 0) is 52.0 Å². The number of aromatic carboxylic acids is 1. The highest BCUT2D eigenvalue weighted by Gasteiger charge is 2.25. The Morgan fingerprint density at radius 3 is 2.48 bits per heavy atom. The summed E-state index contributed by atoms with van der Waals surface area (Å²) in [5.74, 6) is -1.17. The van der Waals surface area contributed by atoms with Gasteiger partial charge in [-0.25, -0.2) is 9.78 Å². The number of pyridine rings is 1. The van der Waals surface area contributed by atoms with Crippen molar-refractivity contribution in [2.75, 3.05) is 27.2 Å². The van der Waals surface area contributed by atoms with Crippen molar-refractivity contribution in [2.45, 2.75) is 25.8 Å². The van der Waals surface area contributed by atoms with E-state index in [0.717, 1.165) is 25.9 Å². The summed E-state index contributed by atoms with van der Waals surface area (Å²) in [5.41, 5.74) is 0.803. The Balaban J connectivity index is 2.12. The topological polar surface area (TPSA) is 73.7 Å². The summed E-state index contributed by atoms with van der Waals surface area (Å²) < 4.78 is 0. The van der Waals surface area contributed by atoms with Gasteiger partial charge in [0.25, 0.3) is 5.91 Å². The van der Waals surface area contributed by atoms with Crippen LogP contribution in [0.2, 0.25) is 0 Å². The van der Waals surface area contributed by atoms with Crippen LogP contribution >= 0.6 is 0 Å². The van der Waals surface area contributed by atoms with E-state index in [1.807, 2.05) is 0 Å². The Bertz CT molecular complexity index is 551. The molecule has 0 saturated carbocycles. The highest BCUT2D eigenvalue weighted by molar-refractivity contribution is 5.94. The number of carbonyl (C=O) groups excluding carboxylic acids is 1. The van der Waals surface area contributed by atoms with Crippen LogP contribution in [0.4, 0.5) is 0 Å². The van der Waals surface area contributed by atoms with E-state index in [1.165, 1.54) is 12.1 Å². The van der Waals surface area contributed by atoms with Crippen LogP contribution in [0.25, 0.3) is 0 Å². The Morgan fingerprint density at radius 2 is 1.95 bits per heavy atom. The molecule has 2 heterocycles. The number of carboxylic acids is 1. The number of piperidine rings is 1. The van der Waals surface area contributed by atoms with Crippen LogP contribution in [0.1, 0.15) is 39.4 Å². The molecule has 0 bridgehead atoms. The average molecular weight is 291 g/mol. The first-order chi connectivity index (χ1) is 9.90. The maximum absolute atomic E-state index is 12.5. The second-order valence-electron chi connectivity index (χ2n) is 5.59. The first kappa shape index (κ1) is 15.4. The molecule has 0 aromatic carbocycles. The summed E-state index contributed by atoms with van der Waals surface area (Å²) >= 11 is 0. The molecule has 0 aliphatic carbocycles. The van der Waals surface area contributed by atoms with Crippen LogP contribution in [0.15, 0.2) is 12.1 Å². The van der Waals surface area contributed by atoms with Gasteiger partial charge in [0.1, 0.15) is 5.69 Å². The summed E-state index contributed by atoms with van der Waals surface area (Å²) in [6.45, 7) is 3.56. The number of carboxylic acid groups (broad SMARTS) is 1. The minimum Gasteiger partial charge on any atom is -0.478 e. The molecule has 1 aliphatic rings. The highest BCUT2D eigenvalue weighted by atomic mass is 16.4. The molecule has 1 saturated heterocycles. The second-order valence-corrected chi connectivity index (χ2v) is 5.59. The van der Waals surface area contributed by atoms with E-state index >= 15 is 0 Å². The van der Waals surface area contributed by atoms with Gasteiger partial charge in [-0.15, -0.1) is 0 Å². The predicted molar refractivity (Wildman–Crippen MR) is 78.5 cm³/mol. The minimum atomic E-state index is -1.03. The lowest BCUT2D eigenvalue weighted by atomic mass is 10.0. The zero-order valence-corrected chi connectivity index (χ0v) is 12.7. The number of amides is 1. The van der Waals surface area contributed by atoms with Crippen LogP contribution in [0.5, 0.6) is 0 Å². The molecular weight excluding hydrogens is 270 g/mol. The van der Waals surface area contributed by atoms with Crippen LogP contribution < -0.4 is 0 Å². The van der Waals surface area contributed by atoms with Crippen molar-refractivity contribution in [1.29, 1.82) is 0 Å². The zero-order valence-electron chi connectivity index (χ0n) is 12.7. The van der Waals surface area contributed by atoms with Gasteiger partial charge in [-0.3, -0.25) is 4.79 Å². The number of hydrogen-bond donors (Lipinski definition) is 1. The van der Waals surface area contributed by atoms with Gasteiger partial charge in [-0.1, -0.05) is 0 Å². The maximum atomic E-state index is 12.5. The van der Waals surface area contributed by atoms with Gasteiger partial charge < -0.3 is 14.9 Å². The summed E-state index contributed by atoms with van der Waals surface area (Å²) in [5, 5.41) is 8.99. The molecule has 1 aromatic heterocycles. The van der Waals surface area contributed by atoms with Crippen LogP contribution in [-0.2, 0) is 0 Å². The average Bonchev–Trinajstić information content (AvgIpc) is 2.46. The largest absolute Gasteiger partial charge is 0.478 e. The number of nitrogens with zero attached hydrogens (tertiary/aromatic N) is 3. The molecule has 21 heavy (non-hydrogen) atoms. The fraction of sp³-hybridized carbons (Fsp3) is 0.533. The van der Waals surface area contributed by atoms with Crippen molar-refractivity contribution in [2.24, 2.45) is 0 Å². The fourth-order valence-electron chi connectivity index (χ4n) is 2.63. The predicted octanol–water partition coefficient (Wildman–Crippen LogP) is 1.25. The first-order valence-electron chi connectivity index (χ1n) is 7.06. The molecule has 6 heteroatoms. The maximum Gasteiger partial charge on any atom is 0.337 e. The van der Waals surface area contributed by atoms with Gasteiger partial charge in [-0.2, -0.15) is 0 Å². The van der Waals surface area contributed by atoms with E-state index in [4.69, 9.17) is 5.11 Å². The van der Waals surface area contributed by atoms with Crippen LogP contribution in [-0.4, -0.2) is 65.0 Å². The summed E-state index contributed by atoms with van der Waals surface area (Å²) in [4.78, 5) is 31.6. The van der Waals surface area contributed by atoms with E-state index in [1.54, 1.807) is 18.9 Å². The lowest BCUT2D eigenvalue weighted by Gasteiger charge is -2.35. The highest BCUT2D eigenvalue weighted by Crippen LogP contribution is 2.17. The third kappa shape index (κ3) is 3.39. The van der Waals surface area contributed by atoms with Crippen molar-refractivity contribution in [3.63, 3.8) is 0 Å². The van der Waals surface area contributed by atoms with Crippen molar-refractivity contribution >= 4 is 11.9 Å². The monoisotopic (exact) mass is 291 g/mol. The molecule has 1 fully saturated rings. The van der Waals surface area contributed by atoms with E-state index in [9.17, 15) is 9.59 Å². The Hall–Kier alpha value is -1.95. The molecular formula is C15H21N3O3. The van der Waals surface area contributed by atoms with Crippen molar-refractivity contribution in [3.05, 3.63) is 29.1 Å². The van der Waals surface area contributed by atoms with Gasteiger partial charge in [0, 0.05) is 13.1 Å². The van der Waals surface area contributed by atoms with Crippen molar-refractivity contribution in [3.8, 4) is 0 Å². The van der Waals surface area contributed by atoms with Gasteiger partial charge in [0.2, 0.25) is 0 Å². The van der Waals surface area contributed by atoms with E-state index in [2.05, 4.69) is 16.9 Å². The Kier molecular flexibility index (Phi) is 4.57. The second kappa shape index (κ2) is 6.22. The number of hydrogen-bond acceptors (Lipinski definition) is 4. The SMILES string of the molecule is Cc1nc(C(=O)N(C)C2CCN(C)CC2)ccc1C(=O)O. The summed E-state index contributed by atoms with van der Waals surface area (Å²) in [6.07, 6.45) is 1.90. The van der Waals surface area contributed by atoms with Gasteiger partial charge >= 0.3 is 5.97 Å². The number of aryl methyl sites for hydroxylation is 1. The number of aromatic nitrogens is 1. The molecule has 6 nitrogen and oxygen atoms in total. The van der Waals surface area contributed by atoms with Crippen molar-refractivity contribution in [1.82, 2.24) is 14.8 Å². The molecule has 1 aliphatic heterocycles. The Labute approximate surface area is 124 Å². The third-order valence-corrected chi connectivity index (χ3v) is 4.09. The fourth-order valence-corrected chi connectivity index (χ4v) is 2.63. The van der Waals surface area contributed by atoms with E-state index in [0.29, 0.717) is 11.4 Å². The standard InChI is InChI=1S/C15H21N3O3/c1-10-12(15(20)21)4-5-13(16-10)14(19)18(3)11-6-8-17(2)9-7-11/h4-5,11H,6-9H2,1-3H3,(H,20,21). The normalized spacial score (nSPS) is 16.7. The molecule has 0 radical (unpaired) electrons. The Morgan fingerprint density at radius 1 is 1.33 bits per heavy atom. The third-order valence-electron chi connectivity index (χ3n) is 4.09. The zero-order chi connectivity index (χ0) is 15.6.